The Balaban J connectivity index is 1.29. The second kappa shape index (κ2) is 13.2. The Morgan fingerprint density at radius 3 is 2.53 bits per heavy atom. The Labute approximate surface area is 322 Å². The summed E-state index contributed by atoms with van der Waals surface area (Å²) in [6, 6.07) is 12.2. The number of carbonyl (C=O) groups excluding carboxylic acids is 2. The van der Waals surface area contributed by atoms with E-state index in [2.05, 4.69) is 56.2 Å². The molecule has 292 valence electrons. The van der Waals surface area contributed by atoms with Gasteiger partial charge in [-0.15, -0.1) is 0 Å². The first-order valence-electron chi connectivity index (χ1n) is 19.9. The number of fused-ring (bicyclic) bond motifs is 9. The predicted molar refractivity (Wildman–Crippen MR) is 209 cm³/mol. The number of benzene rings is 2. The average Bonchev–Trinajstić information content (AvgIpc) is 3.72. The van der Waals surface area contributed by atoms with Gasteiger partial charge in [0.05, 0.1) is 34.0 Å². The summed E-state index contributed by atoms with van der Waals surface area (Å²) in [4.78, 5) is 40.8. The van der Waals surface area contributed by atoms with Crippen molar-refractivity contribution in [3.05, 3.63) is 76.1 Å². The maximum Gasteiger partial charge on any atom is 0.319 e. The molecule has 11 heteroatoms. The second-order valence-corrected chi connectivity index (χ2v) is 17.1. The fourth-order valence-corrected chi connectivity index (χ4v) is 12.5. The SMILES string of the molecule is C/C=C1/CN(C)[C@H]2Cc3c([nH]c4ccccc34)[C@H](c3cc4c5c([nH]c4cc3OC)[C@]3(C(=O)OC)C[C@@H]4C[C@H]([C@@H](C)O)[C@@H]3N(CC5)C4)C[C@@H]1[C@@]2(CO)C(=O)OC. The van der Waals surface area contributed by atoms with E-state index in [9.17, 15) is 19.8 Å². The summed E-state index contributed by atoms with van der Waals surface area (Å²) in [7, 11) is 6.65. The van der Waals surface area contributed by atoms with Crippen LogP contribution in [0.3, 0.4) is 0 Å². The number of aromatic amines is 2. The van der Waals surface area contributed by atoms with Crippen molar-refractivity contribution < 1.29 is 34.0 Å². The summed E-state index contributed by atoms with van der Waals surface area (Å²) in [6.07, 6.45) is 4.95. The number of aliphatic hydroxyl groups excluding tert-OH is 2. The van der Waals surface area contributed by atoms with E-state index in [1.54, 1.807) is 7.11 Å². The molecule has 10 atom stereocenters. The highest BCUT2D eigenvalue weighted by Crippen LogP contribution is 2.57. The van der Waals surface area contributed by atoms with E-state index in [1.165, 1.54) is 14.2 Å². The van der Waals surface area contributed by atoms with Gasteiger partial charge in [0.25, 0.3) is 0 Å². The van der Waals surface area contributed by atoms with E-state index in [0.29, 0.717) is 31.6 Å². The number of piperidine rings is 3. The van der Waals surface area contributed by atoms with Gasteiger partial charge in [0.15, 0.2) is 0 Å². The number of ether oxygens (including phenoxy) is 3. The molecule has 55 heavy (non-hydrogen) atoms. The Hall–Kier alpha value is -4.16. The number of esters is 2. The molecule has 1 saturated carbocycles. The number of methoxy groups -OCH3 is 3. The van der Waals surface area contributed by atoms with E-state index in [-0.39, 0.29) is 48.3 Å². The topological polar surface area (TPSA) is 140 Å². The molecule has 6 heterocycles. The quantitative estimate of drug-likeness (QED) is 0.161. The number of aliphatic hydroxyl groups is 2. The van der Waals surface area contributed by atoms with E-state index < -0.39 is 22.9 Å². The lowest BCUT2D eigenvalue weighted by Gasteiger charge is -2.58. The van der Waals surface area contributed by atoms with Crippen LogP contribution in [-0.2, 0) is 37.3 Å². The maximum absolute atomic E-state index is 14.3. The molecule has 1 unspecified atom stereocenters. The first-order valence-corrected chi connectivity index (χ1v) is 19.9. The summed E-state index contributed by atoms with van der Waals surface area (Å²) in [5.41, 5.74) is 6.09. The summed E-state index contributed by atoms with van der Waals surface area (Å²) in [5, 5.41) is 24.7. The zero-order valence-electron chi connectivity index (χ0n) is 32.8. The largest absolute Gasteiger partial charge is 0.496 e. The molecular weight excluding hydrogens is 697 g/mol. The highest BCUT2D eigenvalue weighted by atomic mass is 16.5. The van der Waals surface area contributed by atoms with Gasteiger partial charge in [0, 0.05) is 94.3 Å². The van der Waals surface area contributed by atoms with Gasteiger partial charge in [-0.3, -0.25) is 19.4 Å². The lowest BCUT2D eigenvalue weighted by Crippen LogP contribution is -2.68. The fourth-order valence-electron chi connectivity index (χ4n) is 12.5. The fraction of sp³-hybridized carbons (Fsp3) is 0.545. The van der Waals surface area contributed by atoms with Crippen LogP contribution < -0.4 is 4.74 Å². The van der Waals surface area contributed by atoms with Crippen LogP contribution in [0.25, 0.3) is 21.8 Å². The molecule has 10 rings (SSSR count). The highest BCUT2D eigenvalue weighted by Gasteiger charge is 2.64. The Morgan fingerprint density at radius 1 is 1.04 bits per heavy atom. The zero-order chi connectivity index (χ0) is 38.6. The lowest BCUT2D eigenvalue weighted by molar-refractivity contribution is -0.169. The molecule has 2 aromatic heterocycles. The number of H-pyrrole nitrogens is 2. The second-order valence-electron chi connectivity index (χ2n) is 17.1. The molecule has 0 spiro atoms. The van der Waals surface area contributed by atoms with Crippen LogP contribution in [-0.4, -0.2) is 115 Å². The number of hydrogen-bond acceptors (Lipinski definition) is 9. The lowest BCUT2D eigenvalue weighted by atomic mass is 9.56. The smallest absolute Gasteiger partial charge is 0.319 e. The van der Waals surface area contributed by atoms with Crippen molar-refractivity contribution in [2.45, 2.75) is 75.5 Å². The minimum Gasteiger partial charge on any atom is -0.496 e. The number of rotatable bonds is 6. The van der Waals surface area contributed by atoms with Crippen LogP contribution in [0.1, 0.15) is 67.1 Å². The van der Waals surface area contributed by atoms with Gasteiger partial charge in [-0.25, -0.2) is 0 Å². The van der Waals surface area contributed by atoms with Crippen molar-refractivity contribution in [3.63, 3.8) is 0 Å². The number of hydrogen-bond donors (Lipinski definition) is 4. The average molecular weight is 751 g/mol. The summed E-state index contributed by atoms with van der Waals surface area (Å²) >= 11 is 0. The first kappa shape index (κ1) is 36.5. The van der Waals surface area contributed by atoms with Crippen LogP contribution in [0.15, 0.2) is 48.0 Å². The molecule has 2 aromatic carbocycles. The molecule has 3 saturated heterocycles. The van der Waals surface area contributed by atoms with Gasteiger partial charge in [0.2, 0.25) is 0 Å². The number of allylic oxidation sites excluding steroid dienone is 1. The normalized spacial score (nSPS) is 34.0. The molecule has 4 aromatic rings. The van der Waals surface area contributed by atoms with Gasteiger partial charge >= 0.3 is 11.9 Å². The van der Waals surface area contributed by atoms with Crippen LogP contribution in [0.5, 0.6) is 5.75 Å². The van der Waals surface area contributed by atoms with Crippen molar-refractivity contribution in [1.29, 1.82) is 0 Å². The van der Waals surface area contributed by atoms with E-state index in [4.69, 9.17) is 14.2 Å². The van der Waals surface area contributed by atoms with Gasteiger partial charge in [-0.2, -0.15) is 0 Å². The van der Waals surface area contributed by atoms with Gasteiger partial charge in [0.1, 0.15) is 16.6 Å². The van der Waals surface area contributed by atoms with E-state index in [0.717, 1.165) is 81.4 Å². The third-order valence-electron chi connectivity index (χ3n) is 14.8. The minimum atomic E-state index is -1.20. The van der Waals surface area contributed by atoms with Gasteiger partial charge in [-0.1, -0.05) is 29.8 Å². The van der Waals surface area contributed by atoms with Crippen molar-refractivity contribution in [2.24, 2.45) is 23.2 Å². The van der Waals surface area contributed by atoms with Crippen LogP contribution in [0, 0.1) is 23.2 Å². The number of likely N-dealkylation sites (tertiary alicyclic amines) is 1. The molecule has 2 aliphatic carbocycles. The molecule has 0 radical (unpaired) electrons. The van der Waals surface area contributed by atoms with Crippen molar-refractivity contribution >= 4 is 33.7 Å². The monoisotopic (exact) mass is 750 g/mol. The third-order valence-corrected chi connectivity index (χ3v) is 14.8. The Morgan fingerprint density at radius 2 is 1.82 bits per heavy atom. The number of likely N-dealkylation sites (N-methyl/N-ethyl adjacent to an activating group) is 1. The van der Waals surface area contributed by atoms with Crippen molar-refractivity contribution in [2.75, 3.05) is 54.6 Å². The molecule has 11 nitrogen and oxygen atoms in total. The summed E-state index contributed by atoms with van der Waals surface area (Å²) in [6.45, 7) is 5.90. The van der Waals surface area contributed by atoms with E-state index >= 15 is 0 Å². The molecule has 4 N–H and O–H groups in total. The summed E-state index contributed by atoms with van der Waals surface area (Å²) in [5.74, 6) is -0.277. The number of nitrogens with zero attached hydrogens (tertiary/aromatic N) is 2. The minimum absolute atomic E-state index is 0.0507. The predicted octanol–water partition coefficient (Wildman–Crippen LogP) is 4.82. The molecule has 4 fully saturated rings. The molecule has 0 amide bonds. The standard InChI is InChI=1S/C44H54N4O7/c1-7-25-21-47(3)37-17-32-26-10-8-9-11-34(26)45-38(32)31(16-33(25)44(37,22-49)42(52)55-6)30-15-29-27-12-13-48-20-24-14-28(23(2)50)40(48)43(19-24,41(51)54-5)39(27)46-35(29)18-36(30)53-4/h7-11,15,18,23-24,28,31,33,37,40,45-46,49-50H,12-14,16-17,19-22H2,1-6H3/b25-7-/t23-,24+,28-,31+,33+,37+,40+,43-,44-/m1/s1. The van der Waals surface area contributed by atoms with Crippen LogP contribution in [0.4, 0.5) is 0 Å². The summed E-state index contributed by atoms with van der Waals surface area (Å²) < 4.78 is 17.6. The van der Waals surface area contributed by atoms with E-state index in [1.807, 2.05) is 27.0 Å². The Kier molecular flexibility index (Phi) is 8.77. The number of carbonyl (C=O) groups is 2. The zero-order valence-corrected chi connectivity index (χ0v) is 32.8. The highest BCUT2D eigenvalue weighted by molar-refractivity contribution is 5.93. The van der Waals surface area contributed by atoms with Gasteiger partial charge < -0.3 is 34.4 Å². The third kappa shape index (κ3) is 4.95. The molecule has 6 bridgehead atoms. The molecule has 4 aliphatic heterocycles. The number of para-hydroxylation sites is 1. The number of aromatic nitrogens is 2. The van der Waals surface area contributed by atoms with Crippen molar-refractivity contribution in [3.8, 4) is 5.75 Å². The van der Waals surface area contributed by atoms with Crippen LogP contribution >= 0.6 is 0 Å². The van der Waals surface area contributed by atoms with Crippen LogP contribution in [0.2, 0.25) is 0 Å². The molecule has 6 aliphatic rings. The van der Waals surface area contributed by atoms with Crippen molar-refractivity contribution in [1.82, 2.24) is 19.8 Å². The first-order chi connectivity index (χ1) is 26.6. The van der Waals surface area contributed by atoms with Gasteiger partial charge in [-0.05, 0) is 82.2 Å². The Bertz CT molecular complexity index is 2220. The maximum atomic E-state index is 14.3. The number of nitrogens with one attached hydrogen (secondary N) is 2. The molecular formula is C44H54N4O7.